The third-order valence-electron chi connectivity index (χ3n) is 5.33. The van der Waals surface area contributed by atoms with Gasteiger partial charge in [0.05, 0.1) is 59.5 Å². The fourth-order valence-electron chi connectivity index (χ4n) is 3.40. The number of esters is 1. The van der Waals surface area contributed by atoms with E-state index in [0.29, 0.717) is 65.9 Å². The van der Waals surface area contributed by atoms with Gasteiger partial charge in [0.25, 0.3) is 0 Å². The zero-order valence-corrected chi connectivity index (χ0v) is 21.4. The molecule has 0 amide bonds. The van der Waals surface area contributed by atoms with Crippen molar-refractivity contribution in [2.45, 2.75) is 96.8 Å². The number of carbonyl (C=O) groups excluding carboxylic acids is 1. The van der Waals surface area contributed by atoms with Crippen LogP contribution in [0.1, 0.15) is 96.8 Å². The molecule has 0 aliphatic carbocycles. The first-order chi connectivity index (χ1) is 16.3. The Morgan fingerprint density at radius 2 is 0.879 bits per heavy atom. The second-order valence-corrected chi connectivity index (χ2v) is 8.39. The molecule has 0 heterocycles. The molecule has 198 valence electrons. The van der Waals surface area contributed by atoms with Crippen LogP contribution in [-0.4, -0.2) is 77.1 Å². The van der Waals surface area contributed by atoms with Crippen LogP contribution in [0.3, 0.4) is 0 Å². The van der Waals surface area contributed by atoms with Gasteiger partial charge < -0.3 is 28.8 Å². The van der Waals surface area contributed by atoms with Crippen LogP contribution in [0.15, 0.2) is 0 Å². The van der Waals surface area contributed by atoms with Crippen molar-refractivity contribution in [3.8, 4) is 0 Å². The summed E-state index contributed by atoms with van der Waals surface area (Å²) < 4.78 is 26.4. The molecule has 0 aromatic rings. The van der Waals surface area contributed by atoms with Crippen LogP contribution in [-0.2, 0) is 28.5 Å². The number of aliphatic hydroxyl groups excluding tert-OH is 1. The van der Waals surface area contributed by atoms with Gasteiger partial charge in [-0.2, -0.15) is 0 Å². The summed E-state index contributed by atoms with van der Waals surface area (Å²) in [6, 6.07) is 0. The number of hydrogen-bond donors (Lipinski definition) is 1. The second kappa shape index (κ2) is 29.3. The van der Waals surface area contributed by atoms with Gasteiger partial charge in [0, 0.05) is 6.42 Å². The van der Waals surface area contributed by atoms with E-state index in [2.05, 4.69) is 6.92 Å². The zero-order valence-electron chi connectivity index (χ0n) is 21.4. The lowest BCUT2D eigenvalue weighted by Gasteiger charge is -2.08. The van der Waals surface area contributed by atoms with Crippen LogP contribution in [0.4, 0.5) is 0 Å². The van der Waals surface area contributed by atoms with Crippen molar-refractivity contribution in [1.82, 2.24) is 0 Å². The lowest BCUT2D eigenvalue weighted by molar-refractivity contribution is -0.145. The molecule has 0 saturated carbocycles. The summed E-state index contributed by atoms with van der Waals surface area (Å²) in [5.74, 6) is -0.127. The molecule has 0 aromatic carbocycles. The third-order valence-corrected chi connectivity index (χ3v) is 5.33. The summed E-state index contributed by atoms with van der Waals surface area (Å²) in [4.78, 5) is 11.7. The Morgan fingerprint density at radius 1 is 0.515 bits per heavy atom. The number of aliphatic hydroxyl groups is 1. The van der Waals surface area contributed by atoms with Crippen molar-refractivity contribution < 1.29 is 33.6 Å². The first kappa shape index (κ1) is 32.3. The van der Waals surface area contributed by atoms with Gasteiger partial charge in [-0.3, -0.25) is 4.79 Å². The van der Waals surface area contributed by atoms with Crippen molar-refractivity contribution >= 4 is 5.97 Å². The topological polar surface area (TPSA) is 83.5 Å². The summed E-state index contributed by atoms with van der Waals surface area (Å²) in [6.07, 6.45) is 17.4. The number of rotatable bonds is 28. The Labute approximate surface area is 202 Å². The van der Waals surface area contributed by atoms with Crippen molar-refractivity contribution in [2.75, 3.05) is 66.1 Å². The first-order valence-corrected chi connectivity index (χ1v) is 13.4. The number of unbranched alkanes of at least 4 members (excludes halogenated alkanes) is 12. The van der Waals surface area contributed by atoms with Crippen LogP contribution >= 0.6 is 0 Å². The van der Waals surface area contributed by atoms with Crippen LogP contribution in [0.25, 0.3) is 0 Å². The number of hydrogen-bond acceptors (Lipinski definition) is 7. The molecule has 7 nitrogen and oxygen atoms in total. The summed E-state index contributed by atoms with van der Waals surface area (Å²) in [5.41, 5.74) is 0. The highest BCUT2D eigenvalue weighted by Gasteiger charge is 2.02. The van der Waals surface area contributed by atoms with E-state index in [1.807, 2.05) is 0 Å². The Balaban J connectivity index is 3.14. The van der Waals surface area contributed by atoms with Gasteiger partial charge in [0.2, 0.25) is 0 Å². The fourth-order valence-corrected chi connectivity index (χ4v) is 3.40. The molecule has 0 spiro atoms. The highest BCUT2D eigenvalue weighted by atomic mass is 16.6. The molecule has 0 unspecified atom stereocenters. The third kappa shape index (κ3) is 29.2. The summed E-state index contributed by atoms with van der Waals surface area (Å²) in [6.45, 7) is 6.24. The molecule has 0 fully saturated rings. The van der Waals surface area contributed by atoms with Gasteiger partial charge in [-0.25, -0.2) is 0 Å². The maximum absolute atomic E-state index is 11.7. The average molecular weight is 477 g/mol. The van der Waals surface area contributed by atoms with Crippen molar-refractivity contribution in [3.05, 3.63) is 0 Å². The van der Waals surface area contributed by atoms with Crippen molar-refractivity contribution in [2.24, 2.45) is 0 Å². The summed E-state index contributed by atoms with van der Waals surface area (Å²) in [7, 11) is 0. The summed E-state index contributed by atoms with van der Waals surface area (Å²) >= 11 is 0. The van der Waals surface area contributed by atoms with Crippen LogP contribution in [0.2, 0.25) is 0 Å². The molecule has 1 N–H and O–H groups in total. The highest BCUT2D eigenvalue weighted by molar-refractivity contribution is 5.69. The van der Waals surface area contributed by atoms with Gasteiger partial charge in [-0.1, -0.05) is 84.0 Å². The minimum absolute atomic E-state index is 0.0296. The Kier molecular flexibility index (Phi) is 28.7. The zero-order chi connectivity index (χ0) is 24.1. The van der Waals surface area contributed by atoms with Gasteiger partial charge in [0.1, 0.15) is 6.61 Å². The smallest absolute Gasteiger partial charge is 0.305 e. The monoisotopic (exact) mass is 476 g/mol. The lowest BCUT2D eigenvalue weighted by Crippen LogP contribution is -2.14. The normalized spacial score (nSPS) is 11.2. The minimum Gasteiger partial charge on any atom is -0.463 e. The Morgan fingerprint density at radius 3 is 1.30 bits per heavy atom. The SMILES string of the molecule is CCCCCCCCCCCCCCCC(=O)OCCOCCOCCOCCOCCO. The van der Waals surface area contributed by atoms with Crippen LogP contribution in [0, 0.1) is 0 Å². The standard InChI is InChI=1S/C26H52O7/c1-2-3-4-5-6-7-8-9-10-11-12-13-14-15-26(28)33-25-24-32-23-22-31-21-20-30-19-18-29-17-16-27/h27H,2-25H2,1H3. The molecule has 0 atom stereocenters. The number of ether oxygens (including phenoxy) is 5. The van der Waals surface area contributed by atoms with Crippen molar-refractivity contribution in [3.63, 3.8) is 0 Å². The summed E-state index contributed by atoms with van der Waals surface area (Å²) in [5, 5.41) is 8.55. The van der Waals surface area contributed by atoms with E-state index in [4.69, 9.17) is 28.8 Å². The Hall–Kier alpha value is -0.730. The molecule has 0 bridgehead atoms. The molecule has 33 heavy (non-hydrogen) atoms. The molecule has 0 aliphatic heterocycles. The van der Waals surface area contributed by atoms with E-state index in [-0.39, 0.29) is 12.6 Å². The Bertz CT molecular complexity index is 380. The largest absolute Gasteiger partial charge is 0.463 e. The predicted octanol–water partition coefficient (Wildman–Crippen LogP) is 5.07. The minimum atomic E-state index is -0.127. The van der Waals surface area contributed by atoms with Crippen LogP contribution in [0.5, 0.6) is 0 Å². The molecule has 0 aliphatic rings. The van der Waals surface area contributed by atoms with E-state index < -0.39 is 0 Å². The van der Waals surface area contributed by atoms with Gasteiger partial charge in [0.15, 0.2) is 0 Å². The molecule has 0 radical (unpaired) electrons. The maximum Gasteiger partial charge on any atom is 0.305 e. The molecule has 7 heteroatoms. The van der Waals surface area contributed by atoms with E-state index >= 15 is 0 Å². The first-order valence-electron chi connectivity index (χ1n) is 13.4. The van der Waals surface area contributed by atoms with E-state index in [0.717, 1.165) is 12.8 Å². The predicted molar refractivity (Wildman–Crippen MR) is 132 cm³/mol. The maximum atomic E-state index is 11.7. The van der Waals surface area contributed by atoms with Gasteiger partial charge in [-0.05, 0) is 6.42 Å². The molecular weight excluding hydrogens is 424 g/mol. The average Bonchev–Trinajstić information content (AvgIpc) is 2.82. The van der Waals surface area contributed by atoms with E-state index in [1.54, 1.807) is 0 Å². The molecular formula is C26H52O7. The second-order valence-electron chi connectivity index (χ2n) is 8.39. The van der Waals surface area contributed by atoms with Crippen LogP contribution < -0.4 is 0 Å². The van der Waals surface area contributed by atoms with Gasteiger partial charge in [-0.15, -0.1) is 0 Å². The van der Waals surface area contributed by atoms with E-state index in [1.165, 1.54) is 70.6 Å². The van der Waals surface area contributed by atoms with E-state index in [9.17, 15) is 4.79 Å². The quantitative estimate of drug-likeness (QED) is 0.125. The lowest BCUT2D eigenvalue weighted by atomic mass is 10.0. The fraction of sp³-hybridized carbons (Fsp3) is 0.962. The molecule has 0 saturated heterocycles. The van der Waals surface area contributed by atoms with Gasteiger partial charge >= 0.3 is 5.97 Å². The number of carbonyl (C=O) groups is 1. The molecule has 0 aromatic heterocycles. The molecule has 0 rings (SSSR count). The highest BCUT2D eigenvalue weighted by Crippen LogP contribution is 2.13. The van der Waals surface area contributed by atoms with Crippen molar-refractivity contribution in [1.29, 1.82) is 0 Å².